The molecule has 4 rings (SSSR count). The number of amides is 2. The Morgan fingerprint density at radius 2 is 2.04 bits per heavy atom. The molecule has 2 amide bonds. The minimum absolute atomic E-state index is 0.0795. The van der Waals surface area contributed by atoms with Crippen LogP contribution in [0.5, 0.6) is 0 Å². The Morgan fingerprint density at radius 3 is 2.79 bits per heavy atom. The third-order valence-electron chi connectivity index (χ3n) is 4.77. The summed E-state index contributed by atoms with van der Waals surface area (Å²) in [6.45, 7) is 2.24. The number of aryl methyl sites for hydroxylation is 1. The molecule has 5 nitrogen and oxygen atoms in total. The summed E-state index contributed by atoms with van der Waals surface area (Å²) in [5.74, 6) is -0.691. The molecule has 1 aliphatic heterocycles. The standard InChI is InChI=1S/C21H18ClN3O2S/c1-13-7-8-16(10-17(13)22)25-11-15(9-19(25)26)20(27)24-21-23-18(12-28-21)14-5-3-2-4-6-14/h2-8,10,12,15H,9,11H2,1H3,(H,23,24,27). The Labute approximate surface area is 172 Å². The fourth-order valence-corrected chi connectivity index (χ4v) is 4.06. The molecule has 0 radical (unpaired) electrons. The van der Waals surface area contributed by atoms with Gasteiger partial charge >= 0.3 is 0 Å². The van der Waals surface area contributed by atoms with Gasteiger partial charge in [0.1, 0.15) is 0 Å². The monoisotopic (exact) mass is 411 g/mol. The average molecular weight is 412 g/mol. The van der Waals surface area contributed by atoms with E-state index in [1.807, 2.05) is 54.8 Å². The molecular formula is C21H18ClN3O2S. The van der Waals surface area contributed by atoms with Gasteiger partial charge in [-0.3, -0.25) is 9.59 Å². The fraction of sp³-hybridized carbons (Fsp3) is 0.190. The number of hydrogen-bond donors (Lipinski definition) is 1. The van der Waals surface area contributed by atoms with Crippen molar-refractivity contribution in [1.82, 2.24) is 4.98 Å². The lowest BCUT2D eigenvalue weighted by atomic mass is 10.1. The molecule has 28 heavy (non-hydrogen) atoms. The van der Waals surface area contributed by atoms with E-state index in [1.165, 1.54) is 11.3 Å². The topological polar surface area (TPSA) is 62.3 Å². The lowest BCUT2D eigenvalue weighted by Crippen LogP contribution is -2.28. The maximum absolute atomic E-state index is 12.7. The van der Waals surface area contributed by atoms with Crippen LogP contribution in [-0.2, 0) is 9.59 Å². The Morgan fingerprint density at radius 1 is 1.25 bits per heavy atom. The van der Waals surface area contributed by atoms with Crippen LogP contribution in [0.2, 0.25) is 5.02 Å². The van der Waals surface area contributed by atoms with Gasteiger partial charge in [-0.25, -0.2) is 4.98 Å². The fourth-order valence-electron chi connectivity index (χ4n) is 3.16. The van der Waals surface area contributed by atoms with Gasteiger partial charge in [0.05, 0.1) is 11.6 Å². The largest absolute Gasteiger partial charge is 0.312 e. The molecule has 1 fully saturated rings. The molecule has 1 aliphatic rings. The number of carbonyl (C=O) groups excluding carboxylic acids is 2. The quantitative estimate of drug-likeness (QED) is 0.673. The molecule has 2 heterocycles. The van der Waals surface area contributed by atoms with Crippen molar-refractivity contribution in [3.05, 3.63) is 64.5 Å². The minimum atomic E-state index is -0.420. The second-order valence-electron chi connectivity index (χ2n) is 6.73. The Bertz CT molecular complexity index is 1040. The molecule has 1 aromatic heterocycles. The number of nitrogens with one attached hydrogen (secondary N) is 1. The van der Waals surface area contributed by atoms with E-state index in [4.69, 9.17) is 11.6 Å². The van der Waals surface area contributed by atoms with Crippen molar-refractivity contribution < 1.29 is 9.59 Å². The zero-order chi connectivity index (χ0) is 19.7. The molecule has 1 unspecified atom stereocenters. The molecule has 1 saturated heterocycles. The van der Waals surface area contributed by atoms with Gasteiger partial charge in [-0.2, -0.15) is 0 Å². The first-order chi connectivity index (χ1) is 13.5. The number of nitrogens with zero attached hydrogens (tertiary/aromatic N) is 2. The summed E-state index contributed by atoms with van der Waals surface area (Å²) in [5, 5.41) is 5.90. The summed E-state index contributed by atoms with van der Waals surface area (Å²) < 4.78 is 0. The van der Waals surface area contributed by atoms with E-state index in [0.717, 1.165) is 22.5 Å². The first kappa shape index (κ1) is 18.7. The Kier molecular flexibility index (Phi) is 5.15. The van der Waals surface area contributed by atoms with Crippen LogP contribution >= 0.6 is 22.9 Å². The minimum Gasteiger partial charge on any atom is -0.312 e. The molecule has 0 aliphatic carbocycles. The third kappa shape index (κ3) is 3.79. The van der Waals surface area contributed by atoms with Gasteiger partial charge in [-0.15, -0.1) is 11.3 Å². The Balaban J connectivity index is 1.44. The number of hydrogen-bond acceptors (Lipinski definition) is 4. The normalized spacial score (nSPS) is 16.4. The van der Waals surface area contributed by atoms with Gasteiger partial charge in [-0.1, -0.05) is 48.0 Å². The maximum atomic E-state index is 12.7. The summed E-state index contributed by atoms with van der Waals surface area (Å²) in [6, 6.07) is 15.3. The highest BCUT2D eigenvalue weighted by Crippen LogP contribution is 2.30. The molecule has 142 valence electrons. The number of rotatable bonds is 4. The van der Waals surface area contributed by atoms with E-state index in [0.29, 0.717) is 16.7 Å². The Hall–Kier alpha value is -2.70. The van der Waals surface area contributed by atoms with Gasteiger partial charge in [0.25, 0.3) is 0 Å². The van der Waals surface area contributed by atoms with E-state index in [2.05, 4.69) is 10.3 Å². The predicted octanol–water partition coefficient (Wildman–Crippen LogP) is 4.76. The molecule has 0 spiro atoms. The first-order valence-corrected chi connectivity index (χ1v) is 10.2. The summed E-state index contributed by atoms with van der Waals surface area (Å²) >= 11 is 7.55. The van der Waals surface area contributed by atoms with Gasteiger partial charge in [0, 0.05) is 34.6 Å². The zero-order valence-electron chi connectivity index (χ0n) is 15.2. The highest BCUT2D eigenvalue weighted by atomic mass is 35.5. The number of thiazole rings is 1. The van der Waals surface area contributed by atoms with Gasteiger partial charge in [0.15, 0.2) is 5.13 Å². The van der Waals surface area contributed by atoms with Crippen LogP contribution in [0.3, 0.4) is 0 Å². The van der Waals surface area contributed by atoms with Crippen molar-refractivity contribution in [1.29, 1.82) is 0 Å². The van der Waals surface area contributed by atoms with Crippen molar-refractivity contribution in [2.24, 2.45) is 5.92 Å². The van der Waals surface area contributed by atoms with Crippen LogP contribution in [0.1, 0.15) is 12.0 Å². The lowest BCUT2D eigenvalue weighted by Gasteiger charge is -2.17. The highest BCUT2D eigenvalue weighted by Gasteiger charge is 2.35. The number of carbonyl (C=O) groups is 2. The SMILES string of the molecule is Cc1ccc(N2CC(C(=O)Nc3nc(-c4ccccc4)cs3)CC2=O)cc1Cl. The molecule has 3 aromatic rings. The van der Waals surface area contributed by atoms with Crippen molar-refractivity contribution in [2.75, 3.05) is 16.8 Å². The van der Waals surface area contributed by atoms with E-state index < -0.39 is 5.92 Å². The van der Waals surface area contributed by atoms with Gasteiger partial charge < -0.3 is 10.2 Å². The van der Waals surface area contributed by atoms with Crippen LogP contribution in [0.4, 0.5) is 10.8 Å². The molecule has 0 saturated carbocycles. The zero-order valence-corrected chi connectivity index (χ0v) is 16.8. The summed E-state index contributed by atoms with van der Waals surface area (Å²) in [7, 11) is 0. The molecule has 1 atom stereocenters. The third-order valence-corrected chi connectivity index (χ3v) is 5.93. The van der Waals surface area contributed by atoms with Crippen molar-refractivity contribution >= 4 is 45.6 Å². The second kappa shape index (κ2) is 7.73. The number of anilines is 2. The van der Waals surface area contributed by atoms with Crippen LogP contribution in [0.15, 0.2) is 53.9 Å². The van der Waals surface area contributed by atoms with E-state index in [1.54, 1.807) is 11.0 Å². The molecule has 2 aromatic carbocycles. The van der Waals surface area contributed by atoms with Crippen molar-refractivity contribution in [2.45, 2.75) is 13.3 Å². The molecular weight excluding hydrogens is 394 g/mol. The second-order valence-corrected chi connectivity index (χ2v) is 8.00. The number of aromatic nitrogens is 1. The smallest absolute Gasteiger partial charge is 0.231 e. The number of benzene rings is 2. The first-order valence-electron chi connectivity index (χ1n) is 8.89. The van der Waals surface area contributed by atoms with Gasteiger partial charge in [-0.05, 0) is 24.6 Å². The average Bonchev–Trinajstić information content (AvgIpc) is 3.31. The lowest BCUT2D eigenvalue weighted by molar-refractivity contribution is -0.122. The molecule has 1 N–H and O–H groups in total. The van der Waals surface area contributed by atoms with Gasteiger partial charge in [0.2, 0.25) is 11.8 Å². The predicted molar refractivity (Wildman–Crippen MR) is 113 cm³/mol. The summed E-state index contributed by atoms with van der Waals surface area (Å²) in [4.78, 5) is 31.2. The van der Waals surface area contributed by atoms with E-state index >= 15 is 0 Å². The van der Waals surface area contributed by atoms with Crippen molar-refractivity contribution in [3.63, 3.8) is 0 Å². The summed E-state index contributed by atoms with van der Waals surface area (Å²) in [5.41, 5.74) is 3.48. The molecule has 7 heteroatoms. The van der Waals surface area contributed by atoms with Crippen LogP contribution < -0.4 is 10.2 Å². The van der Waals surface area contributed by atoms with Crippen LogP contribution in [-0.4, -0.2) is 23.3 Å². The summed E-state index contributed by atoms with van der Waals surface area (Å²) in [6.07, 6.45) is 0.175. The number of halogens is 1. The highest BCUT2D eigenvalue weighted by molar-refractivity contribution is 7.14. The maximum Gasteiger partial charge on any atom is 0.231 e. The van der Waals surface area contributed by atoms with Crippen molar-refractivity contribution in [3.8, 4) is 11.3 Å². The van der Waals surface area contributed by atoms with Crippen LogP contribution in [0, 0.1) is 12.8 Å². The van der Waals surface area contributed by atoms with Crippen LogP contribution in [0.25, 0.3) is 11.3 Å². The van der Waals surface area contributed by atoms with E-state index in [9.17, 15) is 9.59 Å². The van der Waals surface area contributed by atoms with E-state index in [-0.39, 0.29) is 18.2 Å². The molecule has 0 bridgehead atoms.